The van der Waals surface area contributed by atoms with E-state index in [4.69, 9.17) is 21.1 Å². The van der Waals surface area contributed by atoms with Gasteiger partial charge in [-0.15, -0.1) is 0 Å². The van der Waals surface area contributed by atoms with Crippen molar-refractivity contribution >= 4 is 34.4 Å². The number of benzene rings is 2. The molecule has 6 heteroatoms. The van der Waals surface area contributed by atoms with Gasteiger partial charge in [-0.3, -0.25) is 14.2 Å². The summed E-state index contributed by atoms with van der Waals surface area (Å²) in [5.41, 5.74) is 3.66. The number of rotatable bonds is 5. The molecule has 0 aliphatic carbocycles. The van der Waals surface area contributed by atoms with Gasteiger partial charge in [-0.2, -0.15) is 0 Å². The van der Waals surface area contributed by atoms with Crippen LogP contribution in [0, 0.1) is 13.8 Å². The van der Waals surface area contributed by atoms with Gasteiger partial charge in [-0.25, -0.2) is 0 Å². The summed E-state index contributed by atoms with van der Waals surface area (Å²) in [6.45, 7) is 5.85. The quantitative estimate of drug-likeness (QED) is 0.583. The third-order valence-electron chi connectivity index (χ3n) is 4.74. The summed E-state index contributed by atoms with van der Waals surface area (Å²) in [7, 11) is 1.53. The van der Waals surface area contributed by atoms with E-state index in [2.05, 4.69) is 0 Å². The fourth-order valence-electron chi connectivity index (χ4n) is 3.30. The predicted molar refractivity (Wildman–Crippen MR) is 109 cm³/mol. The summed E-state index contributed by atoms with van der Waals surface area (Å²) in [6.07, 6.45) is 0.0646. The zero-order valence-electron chi connectivity index (χ0n) is 16.3. The number of carbonyl (C=O) groups is 2. The lowest BCUT2D eigenvalue weighted by atomic mass is 10.1. The van der Waals surface area contributed by atoms with Crippen LogP contribution in [0.15, 0.2) is 36.4 Å². The zero-order chi connectivity index (χ0) is 20.4. The number of methoxy groups -OCH3 is 1. The van der Waals surface area contributed by atoms with E-state index in [1.807, 2.05) is 26.0 Å². The molecule has 0 atom stereocenters. The average Bonchev–Trinajstić information content (AvgIpc) is 2.92. The van der Waals surface area contributed by atoms with Crippen molar-refractivity contribution in [3.63, 3.8) is 0 Å². The second-order valence-corrected chi connectivity index (χ2v) is 6.96. The SMILES string of the molecule is CCOC(=O)Cc1c(C)n(C(=O)c2ccc(C)cc2)c2cc(Cl)c(OC)cc12. The van der Waals surface area contributed by atoms with E-state index in [-0.39, 0.29) is 18.3 Å². The van der Waals surface area contributed by atoms with Gasteiger partial charge >= 0.3 is 5.97 Å². The molecule has 0 bridgehead atoms. The minimum Gasteiger partial charge on any atom is -0.495 e. The van der Waals surface area contributed by atoms with Crippen LogP contribution in [0.25, 0.3) is 10.9 Å². The van der Waals surface area contributed by atoms with Crippen molar-refractivity contribution in [1.82, 2.24) is 4.57 Å². The van der Waals surface area contributed by atoms with Crippen molar-refractivity contribution in [1.29, 1.82) is 0 Å². The van der Waals surface area contributed by atoms with Gasteiger partial charge in [0.2, 0.25) is 0 Å². The highest BCUT2D eigenvalue weighted by Crippen LogP contribution is 2.35. The van der Waals surface area contributed by atoms with Crippen LogP contribution in [0.1, 0.15) is 34.1 Å². The minimum absolute atomic E-state index is 0.0646. The van der Waals surface area contributed by atoms with Crippen LogP contribution in [0.4, 0.5) is 0 Å². The van der Waals surface area contributed by atoms with Gasteiger partial charge in [0, 0.05) is 16.6 Å². The Labute approximate surface area is 168 Å². The lowest BCUT2D eigenvalue weighted by Crippen LogP contribution is -2.14. The lowest BCUT2D eigenvalue weighted by molar-refractivity contribution is -0.142. The van der Waals surface area contributed by atoms with Gasteiger partial charge in [-0.05, 0) is 50.6 Å². The molecule has 1 aromatic heterocycles. The minimum atomic E-state index is -0.346. The molecular formula is C22H22ClNO4. The molecule has 0 spiro atoms. The molecule has 0 radical (unpaired) electrons. The first-order chi connectivity index (χ1) is 13.4. The van der Waals surface area contributed by atoms with Crippen molar-refractivity contribution in [3.05, 3.63) is 63.8 Å². The maximum absolute atomic E-state index is 13.3. The van der Waals surface area contributed by atoms with Crippen LogP contribution < -0.4 is 4.74 Å². The van der Waals surface area contributed by atoms with Crippen LogP contribution in [-0.4, -0.2) is 30.2 Å². The first kappa shape index (κ1) is 20.0. The van der Waals surface area contributed by atoms with Gasteiger partial charge in [0.15, 0.2) is 0 Å². The number of hydrogen-bond donors (Lipinski definition) is 0. The fourth-order valence-corrected chi connectivity index (χ4v) is 3.54. The molecule has 3 rings (SSSR count). The Morgan fingerprint density at radius 3 is 2.39 bits per heavy atom. The van der Waals surface area contributed by atoms with Crippen molar-refractivity contribution in [2.75, 3.05) is 13.7 Å². The normalized spacial score (nSPS) is 10.9. The maximum atomic E-state index is 13.3. The number of esters is 1. The van der Waals surface area contributed by atoms with Crippen molar-refractivity contribution in [2.45, 2.75) is 27.2 Å². The van der Waals surface area contributed by atoms with Crippen molar-refractivity contribution in [2.24, 2.45) is 0 Å². The zero-order valence-corrected chi connectivity index (χ0v) is 17.1. The number of carbonyl (C=O) groups excluding carboxylic acids is 2. The van der Waals surface area contributed by atoms with Crippen LogP contribution in [0.2, 0.25) is 5.02 Å². The van der Waals surface area contributed by atoms with Crippen LogP contribution in [0.5, 0.6) is 5.75 Å². The number of halogens is 1. The molecule has 5 nitrogen and oxygen atoms in total. The number of hydrogen-bond acceptors (Lipinski definition) is 4. The Morgan fingerprint density at radius 1 is 1.11 bits per heavy atom. The molecule has 0 N–H and O–H groups in total. The molecule has 0 unspecified atom stereocenters. The standard InChI is InChI=1S/C22H22ClNO4/c1-5-28-21(25)11-16-14(3)24(22(26)15-8-6-13(2)7-9-15)19-12-18(23)20(27-4)10-17(16)19/h6-10,12H,5,11H2,1-4H3. The highest BCUT2D eigenvalue weighted by molar-refractivity contribution is 6.33. The second kappa shape index (κ2) is 8.07. The van der Waals surface area contributed by atoms with E-state index in [0.29, 0.717) is 34.2 Å². The summed E-state index contributed by atoms with van der Waals surface area (Å²) in [6, 6.07) is 10.8. The Bertz CT molecular complexity index is 1050. The first-order valence-corrected chi connectivity index (χ1v) is 9.39. The first-order valence-electron chi connectivity index (χ1n) is 9.01. The van der Waals surface area contributed by atoms with Gasteiger partial charge in [0.05, 0.1) is 30.7 Å². The van der Waals surface area contributed by atoms with E-state index in [1.165, 1.54) is 7.11 Å². The van der Waals surface area contributed by atoms with Crippen LogP contribution in [-0.2, 0) is 16.0 Å². The van der Waals surface area contributed by atoms with Crippen LogP contribution >= 0.6 is 11.6 Å². The van der Waals surface area contributed by atoms with Crippen LogP contribution in [0.3, 0.4) is 0 Å². The molecule has 146 valence electrons. The van der Waals surface area contributed by atoms with E-state index >= 15 is 0 Å². The third kappa shape index (κ3) is 3.62. The third-order valence-corrected chi connectivity index (χ3v) is 5.03. The Morgan fingerprint density at radius 2 is 1.79 bits per heavy atom. The molecule has 28 heavy (non-hydrogen) atoms. The second-order valence-electron chi connectivity index (χ2n) is 6.56. The molecule has 0 aliphatic rings. The summed E-state index contributed by atoms with van der Waals surface area (Å²) >= 11 is 6.32. The Hall–Kier alpha value is -2.79. The smallest absolute Gasteiger partial charge is 0.310 e. The fraction of sp³-hybridized carbons (Fsp3) is 0.273. The number of ether oxygens (including phenoxy) is 2. The van der Waals surface area contributed by atoms with E-state index in [9.17, 15) is 9.59 Å². The Balaban J connectivity index is 2.22. The van der Waals surface area contributed by atoms with Crippen molar-refractivity contribution in [3.8, 4) is 5.75 Å². The average molecular weight is 400 g/mol. The van der Waals surface area contributed by atoms with Gasteiger partial charge < -0.3 is 9.47 Å². The number of nitrogens with zero attached hydrogens (tertiary/aromatic N) is 1. The molecular weight excluding hydrogens is 378 g/mol. The molecule has 0 amide bonds. The van der Waals surface area contributed by atoms with E-state index < -0.39 is 0 Å². The van der Waals surface area contributed by atoms with Gasteiger partial charge in [0.25, 0.3) is 5.91 Å². The van der Waals surface area contributed by atoms with Gasteiger partial charge in [0.1, 0.15) is 5.75 Å². The predicted octanol–water partition coefficient (Wildman–Crippen LogP) is 4.71. The summed E-state index contributed by atoms with van der Waals surface area (Å²) in [5.74, 6) is -0.0422. The molecule has 0 saturated heterocycles. The number of aromatic nitrogens is 1. The molecule has 1 heterocycles. The van der Waals surface area contributed by atoms with E-state index in [0.717, 1.165) is 16.5 Å². The number of aryl methyl sites for hydroxylation is 1. The summed E-state index contributed by atoms with van der Waals surface area (Å²) in [4.78, 5) is 25.4. The largest absolute Gasteiger partial charge is 0.495 e. The molecule has 0 fully saturated rings. The maximum Gasteiger partial charge on any atom is 0.310 e. The monoisotopic (exact) mass is 399 g/mol. The highest BCUT2D eigenvalue weighted by atomic mass is 35.5. The molecule has 0 saturated carbocycles. The van der Waals surface area contributed by atoms with Crippen molar-refractivity contribution < 1.29 is 19.1 Å². The molecule has 3 aromatic rings. The molecule has 0 aliphatic heterocycles. The lowest BCUT2D eigenvalue weighted by Gasteiger charge is -2.09. The summed E-state index contributed by atoms with van der Waals surface area (Å²) in [5, 5.41) is 1.14. The van der Waals surface area contributed by atoms with E-state index in [1.54, 1.807) is 35.8 Å². The summed E-state index contributed by atoms with van der Waals surface area (Å²) < 4.78 is 12.0. The molecule has 2 aromatic carbocycles. The Kier molecular flexibility index (Phi) is 5.75. The highest BCUT2D eigenvalue weighted by Gasteiger charge is 2.23. The topological polar surface area (TPSA) is 57.5 Å². The number of fused-ring (bicyclic) bond motifs is 1. The van der Waals surface area contributed by atoms with Gasteiger partial charge in [-0.1, -0.05) is 29.3 Å².